The number of carbonyl (C=O) groups is 1. The Morgan fingerprint density at radius 3 is 2.42 bits per heavy atom. The number of para-hydroxylation sites is 2. The Bertz CT molecular complexity index is 1130. The van der Waals surface area contributed by atoms with Crippen LogP contribution in [-0.2, 0) is 20.4 Å². The highest BCUT2D eigenvalue weighted by atomic mass is 32.2. The Kier molecular flexibility index (Phi) is 8.23. The number of nitrogens with one attached hydrogen (secondary N) is 1. The Balaban J connectivity index is 1.74. The van der Waals surface area contributed by atoms with Crippen molar-refractivity contribution in [1.82, 2.24) is 15.2 Å². The van der Waals surface area contributed by atoms with Crippen LogP contribution in [0.1, 0.15) is 37.3 Å². The summed E-state index contributed by atoms with van der Waals surface area (Å²) in [5.41, 5.74) is 1.84. The third-order valence-electron chi connectivity index (χ3n) is 5.44. The Morgan fingerprint density at radius 1 is 1.12 bits per heavy atom. The molecular weight excluding hydrogens is 442 g/mol. The molecule has 3 unspecified atom stereocenters. The summed E-state index contributed by atoms with van der Waals surface area (Å²) in [5.74, 6) is -0.827. The van der Waals surface area contributed by atoms with Crippen LogP contribution in [0.3, 0.4) is 0 Å². The topological polar surface area (TPSA) is 113 Å². The fourth-order valence-corrected chi connectivity index (χ4v) is 5.42. The Labute approximate surface area is 194 Å². The molecule has 0 bridgehead atoms. The third kappa shape index (κ3) is 6.63. The molecule has 0 aliphatic heterocycles. The van der Waals surface area contributed by atoms with Crippen molar-refractivity contribution in [3.63, 3.8) is 0 Å². The number of likely N-dealkylation sites (N-methyl/N-ethyl adjacent to an activating group) is 1. The van der Waals surface area contributed by atoms with E-state index in [0.717, 1.165) is 0 Å². The van der Waals surface area contributed by atoms with Crippen molar-refractivity contribution in [3.8, 4) is 0 Å². The lowest BCUT2D eigenvalue weighted by atomic mass is 10.0. The zero-order valence-electron chi connectivity index (χ0n) is 19.1. The second kappa shape index (κ2) is 10.9. The van der Waals surface area contributed by atoms with E-state index in [1.165, 1.54) is 0 Å². The first kappa shape index (κ1) is 24.9. The number of benzene rings is 2. The highest BCUT2D eigenvalue weighted by Crippen LogP contribution is 2.24. The summed E-state index contributed by atoms with van der Waals surface area (Å²) in [6.07, 6.45) is 0.00835. The second-order valence-electron chi connectivity index (χ2n) is 8.39. The molecule has 3 aromatic rings. The molecule has 3 atom stereocenters. The van der Waals surface area contributed by atoms with Crippen LogP contribution in [0.4, 0.5) is 0 Å². The lowest BCUT2D eigenvalue weighted by Gasteiger charge is -2.28. The van der Waals surface area contributed by atoms with Gasteiger partial charge in [0.1, 0.15) is 11.6 Å². The molecule has 0 fully saturated rings. The summed E-state index contributed by atoms with van der Waals surface area (Å²) < 4.78 is 31.3. The lowest BCUT2D eigenvalue weighted by Crippen LogP contribution is -2.51. The van der Waals surface area contributed by atoms with Gasteiger partial charge >= 0.3 is 0 Å². The van der Waals surface area contributed by atoms with Crippen molar-refractivity contribution < 1.29 is 22.7 Å². The van der Waals surface area contributed by atoms with Gasteiger partial charge in [-0.15, -0.1) is 0 Å². The predicted molar refractivity (Wildman–Crippen MR) is 127 cm³/mol. The van der Waals surface area contributed by atoms with E-state index in [2.05, 4.69) is 10.3 Å². The van der Waals surface area contributed by atoms with Crippen molar-refractivity contribution >= 4 is 26.8 Å². The molecule has 8 nitrogen and oxygen atoms in total. The number of aromatic nitrogens is 1. The van der Waals surface area contributed by atoms with E-state index in [9.17, 15) is 18.3 Å². The zero-order valence-corrected chi connectivity index (χ0v) is 20.0. The molecule has 0 radical (unpaired) electrons. The van der Waals surface area contributed by atoms with Crippen LogP contribution in [-0.4, -0.2) is 61.2 Å². The first-order chi connectivity index (χ1) is 15.7. The van der Waals surface area contributed by atoms with Crippen LogP contribution in [0.15, 0.2) is 59.0 Å². The molecule has 1 amide bonds. The molecule has 0 saturated carbocycles. The van der Waals surface area contributed by atoms with E-state index in [1.807, 2.05) is 25.1 Å². The molecule has 33 heavy (non-hydrogen) atoms. The largest absolute Gasteiger partial charge is 0.438 e. The molecule has 1 aromatic heterocycles. The van der Waals surface area contributed by atoms with E-state index in [0.29, 0.717) is 29.5 Å². The molecule has 3 rings (SSSR count). The van der Waals surface area contributed by atoms with Gasteiger partial charge in [-0.2, -0.15) is 0 Å². The highest BCUT2D eigenvalue weighted by Gasteiger charge is 2.32. The zero-order chi connectivity index (χ0) is 24.0. The molecule has 2 N–H and O–H groups in total. The van der Waals surface area contributed by atoms with E-state index < -0.39 is 33.9 Å². The molecule has 0 saturated heterocycles. The lowest BCUT2D eigenvalue weighted by molar-refractivity contribution is -0.126. The third-order valence-corrected chi connectivity index (χ3v) is 7.04. The van der Waals surface area contributed by atoms with Gasteiger partial charge in [0.15, 0.2) is 21.5 Å². The maximum atomic E-state index is 13.1. The molecule has 0 aliphatic carbocycles. The van der Waals surface area contributed by atoms with Gasteiger partial charge in [-0.25, -0.2) is 13.4 Å². The molecule has 178 valence electrons. The highest BCUT2D eigenvalue weighted by molar-refractivity contribution is 7.90. The van der Waals surface area contributed by atoms with Crippen LogP contribution < -0.4 is 5.32 Å². The number of aliphatic hydroxyl groups excluding tert-OH is 1. The summed E-state index contributed by atoms with van der Waals surface area (Å²) in [6, 6.07) is 14.5. The average molecular weight is 474 g/mol. The maximum absolute atomic E-state index is 13.1. The number of hydrogen-bond acceptors (Lipinski definition) is 7. The number of hydrogen-bond donors (Lipinski definition) is 2. The van der Waals surface area contributed by atoms with E-state index in [-0.39, 0.29) is 17.4 Å². The number of amides is 1. The van der Waals surface area contributed by atoms with Gasteiger partial charge in [-0.3, -0.25) is 9.69 Å². The molecule has 9 heteroatoms. The molecule has 2 aromatic carbocycles. The smallest absolute Gasteiger partial charge is 0.238 e. The van der Waals surface area contributed by atoms with Crippen LogP contribution in [0, 0.1) is 0 Å². The minimum atomic E-state index is -3.56. The van der Waals surface area contributed by atoms with Gasteiger partial charge in [-0.05, 0) is 38.2 Å². The standard InChI is InChI=1S/C24H31N3O5S/c1-4-10-19(22(28)24-26-18-13-8-9-14-21(18)32-24)25-23(29)20(27(2)3)16-33(30,31)15-17-11-6-5-7-12-17/h5-9,11-14,19-20,22,28H,4,10,15-16H2,1-3H3,(H,25,29). The van der Waals surface area contributed by atoms with Crippen molar-refractivity contribution in [3.05, 3.63) is 66.1 Å². The number of sulfone groups is 1. The number of oxazole rings is 1. The minimum absolute atomic E-state index is 0.119. The summed E-state index contributed by atoms with van der Waals surface area (Å²) >= 11 is 0. The van der Waals surface area contributed by atoms with Gasteiger partial charge < -0.3 is 14.8 Å². The summed E-state index contributed by atoms with van der Waals surface area (Å²) in [7, 11) is -0.235. The fraction of sp³-hybridized carbons (Fsp3) is 0.417. The van der Waals surface area contributed by atoms with E-state index in [1.54, 1.807) is 55.4 Å². The number of nitrogens with zero attached hydrogens (tertiary/aromatic N) is 2. The number of rotatable bonds is 11. The van der Waals surface area contributed by atoms with Gasteiger partial charge in [0.05, 0.1) is 17.5 Å². The quantitative estimate of drug-likeness (QED) is 0.440. The van der Waals surface area contributed by atoms with Crippen molar-refractivity contribution in [1.29, 1.82) is 0 Å². The van der Waals surface area contributed by atoms with Crippen LogP contribution in [0.5, 0.6) is 0 Å². The Hall–Kier alpha value is -2.75. The second-order valence-corrected chi connectivity index (χ2v) is 10.5. The predicted octanol–water partition coefficient (Wildman–Crippen LogP) is 2.69. The molecule has 0 spiro atoms. The monoisotopic (exact) mass is 473 g/mol. The van der Waals surface area contributed by atoms with Crippen molar-refractivity contribution in [2.24, 2.45) is 0 Å². The van der Waals surface area contributed by atoms with Crippen molar-refractivity contribution in [2.75, 3.05) is 19.8 Å². The number of fused-ring (bicyclic) bond motifs is 1. The van der Waals surface area contributed by atoms with E-state index >= 15 is 0 Å². The first-order valence-corrected chi connectivity index (χ1v) is 12.8. The average Bonchev–Trinajstić information content (AvgIpc) is 3.21. The number of carbonyl (C=O) groups excluding carboxylic acids is 1. The number of aliphatic hydroxyl groups is 1. The maximum Gasteiger partial charge on any atom is 0.238 e. The van der Waals surface area contributed by atoms with Crippen LogP contribution in [0.25, 0.3) is 11.1 Å². The van der Waals surface area contributed by atoms with E-state index in [4.69, 9.17) is 4.42 Å². The molecule has 0 aliphatic rings. The SMILES string of the molecule is CCCC(NC(=O)C(CS(=O)(=O)Cc1ccccc1)N(C)C)C(O)c1nc2ccccc2o1. The van der Waals surface area contributed by atoms with Crippen LogP contribution >= 0.6 is 0 Å². The van der Waals surface area contributed by atoms with Crippen molar-refractivity contribution in [2.45, 2.75) is 43.7 Å². The fourth-order valence-electron chi connectivity index (χ4n) is 3.67. The summed E-state index contributed by atoms with van der Waals surface area (Å²) in [5, 5.41) is 13.7. The van der Waals surface area contributed by atoms with Crippen LogP contribution in [0.2, 0.25) is 0 Å². The molecule has 1 heterocycles. The van der Waals surface area contributed by atoms with Gasteiger partial charge in [-0.1, -0.05) is 55.8 Å². The van der Waals surface area contributed by atoms with Gasteiger partial charge in [0.25, 0.3) is 0 Å². The normalized spacial score (nSPS) is 14.8. The van der Waals surface area contributed by atoms with Gasteiger partial charge in [0, 0.05) is 0 Å². The first-order valence-electron chi connectivity index (χ1n) is 10.9. The Morgan fingerprint density at radius 2 is 1.79 bits per heavy atom. The summed E-state index contributed by atoms with van der Waals surface area (Å²) in [6.45, 7) is 1.94. The minimum Gasteiger partial charge on any atom is -0.438 e. The molecular formula is C24H31N3O5S. The summed E-state index contributed by atoms with van der Waals surface area (Å²) in [4.78, 5) is 19.0. The van der Waals surface area contributed by atoms with Gasteiger partial charge in [0.2, 0.25) is 11.8 Å².